The van der Waals surface area contributed by atoms with E-state index in [0.29, 0.717) is 26.2 Å². The van der Waals surface area contributed by atoms with Gasteiger partial charge in [0.2, 0.25) is 5.91 Å². The highest BCUT2D eigenvalue weighted by Gasteiger charge is 2.31. The summed E-state index contributed by atoms with van der Waals surface area (Å²) in [6.45, 7) is 3.83. The number of hydrogen-bond acceptors (Lipinski definition) is 5. The van der Waals surface area contributed by atoms with Crippen LogP contribution < -0.4 is 15.0 Å². The largest absolute Gasteiger partial charge is 0.573 e. The van der Waals surface area contributed by atoms with Crippen LogP contribution in [0.4, 0.5) is 19.0 Å². The van der Waals surface area contributed by atoms with Crippen molar-refractivity contribution in [3.8, 4) is 5.75 Å². The summed E-state index contributed by atoms with van der Waals surface area (Å²) in [5.74, 6) is -0.347. The molecular formula is C20H21F3N4O3. The van der Waals surface area contributed by atoms with Crippen molar-refractivity contribution in [3.05, 3.63) is 54.2 Å². The Labute approximate surface area is 171 Å². The molecule has 1 aliphatic rings. The zero-order chi connectivity index (χ0) is 21.7. The van der Waals surface area contributed by atoms with E-state index in [9.17, 15) is 22.8 Å². The molecule has 1 saturated heterocycles. The van der Waals surface area contributed by atoms with Crippen LogP contribution in [0.5, 0.6) is 5.75 Å². The Morgan fingerprint density at radius 3 is 2.30 bits per heavy atom. The molecule has 1 aliphatic heterocycles. The second kappa shape index (κ2) is 9.02. The number of carbonyl (C=O) groups is 2. The van der Waals surface area contributed by atoms with E-state index in [1.54, 1.807) is 18.0 Å². The smallest absolute Gasteiger partial charge is 0.406 e. The molecule has 30 heavy (non-hydrogen) atoms. The topological polar surface area (TPSA) is 74.8 Å². The lowest BCUT2D eigenvalue weighted by atomic mass is 10.1. The maximum atomic E-state index is 12.7. The Hall–Kier alpha value is -3.30. The predicted molar refractivity (Wildman–Crippen MR) is 103 cm³/mol. The average Bonchev–Trinajstić information content (AvgIpc) is 2.73. The number of benzene rings is 1. The Morgan fingerprint density at radius 1 is 1.07 bits per heavy atom. The highest BCUT2D eigenvalue weighted by Crippen LogP contribution is 2.22. The summed E-state index contributed by atoms with van der Waals surface area (Å²) in [4.78, 5) is 33.0. The molecule has 1 N–H and O–H groups in total. The number of alkyl halides is 3. The van der Waals surface area contributed by atoms with Gasteiger partial charge < -0.3 is 19.9 Å². The van der Waals surface area contributed by atoms with Gasteiger partial charge in [-0.1, -0.05) is 6.07 Å². The van der Waals surface area contributed by atoms with Crippen molar-refractivity contribution < 1.29 is 27.5 Å². The molecule has 2 heterocycles. The van der Waals surface area contributed by atoms with Gasteiger partial charge in [0.15, 0.2) is 0 Å². The van der Waals surface area contributed by atoms with Gasteiger partial charge in [-0.3, -0.25) is 9.59 Å². The summed E-state index contributed by atoms with van der Waals surface area (Å²) in [5, 5.41) is 2.58. The van der Waals surface area contributed by atoms with E-state index < -0.39 is 24.1 Å². The van der Waals surface area contributed by atoms with E-state index in [1.165, 1.54) is 12.1 Å². The standard InChI is InChI=1S/C20H21F3N4O3/c1-14(25-18(28)15-5-7-16(8-6-15)30-20(21,22)23)19(29)27-12-10-26(11-13-27)17-4-2-3-9-24-17/h2-9,14H,10-13H2,1H3,(H,25,28)/t14-/m0/s1. The van der Waals surface area contributed by atoms with Gasteiger partial charge in [-0.2, -0.15) is 0 Å². The SMILES string of the molecule is C[C@H](NC(=O)c1ccc(OC(F)(F)F)cc1)C(=O)N1CCN(c2ccccn2)CC1. The fraction of sp³-hybridized carbons (Fsp3) is 0.350. The van der Waals surface area contributed by atoms with E-state index in [4.69, 9.17) is 0 Å². The van der Waals surface area contributed by atoms with Crippen molar-refractivity contribution >= 4 is 17.6 Å². The van der Waals surface area contributed by atoms with E-state index in [-0.39, 0.29) is 11.5 Å². The van der Waals surface area contributed by atoms with Gasteiger partial charge in [0.05, 0.1) is 0 Å². The lowest BCUT2D eigenvalue weighted by Crippen LogP contribution is -2.54. The van der Waals surface area contributed by atoms with Gasteiger partial charge in [-0.15, -0.1) is 13.2 Å². The highest BCUT2D eigenvalue weighted by molar-refractivity contribution is 5.97. The number of aromatic nitrogens is 1. The first kappa shape index (κ1) is 21.4. The molecule has 1 aromatic carbocycles. The Balaban J connectivity index is 1.51. The minimum atomic E-state index is -4.80. The van der Waals surface area contributed by atoms with Crippen molar-refractivity contribution in [3.63, 3.8) is 0 Å². The van der Waals surface area contributed by atoms with Gasteiger partial charge in [-0.05, 0) is 43.3 Å². The van der Waals surface area contributed by atoms with Crippen molar-refractivity contribution in [1.82, 2.24) is 15.2 Å². The van der Waals surface area contributed by atoms with Crippen LogP contribution in [0.3, 0.4) is 0 Å². The van der Waals surface area contributed by atoms with Crippen LogP contribution in [0, 0.1) is 0 Å². The second-order valence-electron chi connectivity index (χ2n) is 6.77. The zero-order valence-corrected chi connectivity index (χ0v) is 16.2. The van der Waals surface area contributed by atoms with E-state index in [0.717, 1.165) is 18.0 Å². The molecule has 0 unspecified atom stereocenters. The Kier molecular flexibility index (Phi) is 6.43. The molecule has 0 spiro atoms. The number of ether oxygens (including phenoxy) is 1. The number of hydrogen-bond donors (Lipinski definition) is 1. The first-order valence-electron chi connectivity index (χ1n) is 9.34. The zero-order valence-electron chi connectivity index (χ0n) is 16.2. The minimum Gasteiger partial charge on any atom is -0.406 e. The Bertz CT molecular complexity index is 867. The van der Waals surface area contributed by atoms with Crippen molar-refractivity contribution in [2.24, 2.45) is 0 Å². The molecule has 1 fully saturated rings. The van der Waals surface area contributed by atoms with Gasteiger partial charge in [0, 0.05) is 37.9 Å². The number of nitrogens with one attached hydrogen (secondary N) is 1. The molecule has 1 aromatic heterocycles. The van der Waals surface area contributed by atoms with Crippen LogP contribution in [-0.2, 0) is 4.79 Å². The second-order valence-corrected chi connectivity index (χ2v) is 6.77. The molecule has 160 valence electrons. The summed E-state index contributed by atoms with van der Waals surface area (Å²) >= 11 is 0. The number of carbonyl (C=O) groups excluding carboxylic acids is 2. The van der Waals surface area contributed by atoms with Crippen LogP contribution in [0.1, 0.15) is 17.3 Å². The number of piperazine rings is 1. The van der Waals surface area contributed by atoms with Crippen molar-refractivity contribution in [1.29, 1.82) is 0 Å². The summed E-state index contributed by atoms with van der Waals surface area (Å²) in [6.07, 6.45) is -3.09. The van der Waals surface area contributed by atoms with E-state index in [2.05, 4.69) is 19.9 Å². The van der Waals surface area contributed by atoms with Gasteiger partial charge in [0.1, 0.15) is 17.6 Å². The Morgan fingerprint density at radius 2 is 1.73 bits per heavy atom. The lowest BCUT2D eigenvalue weighted by molar-refractivity contribution is -0.274. The summed E-state index contributed by atoms with van der Waals surface area (Å²) in [6, 6.07) is 9.38. The minimum absolute atomic E-state index is 0.129. The molecule has 0 aliphatic carbocycles. The molecule has 2 amide bonds. The van der Waals surface area contributed by atoms with Crippen LogP contribution in [0.2, 0.25) is 0 Å². The maximum Gasteiger partial charge on any atom is 0.573 e. The third kappa shape index (κ3) is 5.62. The maximum absolute atomic E-state index is 12.7. The predicted octanol–water partition coefficient (Wildman–Crippen LogP) is 2.45. The number of anilines is 1. The van der Waals surface area contributed by atoms with Crippen LogP contribution in [-0.4, -0.2) is 60.3 Å². The molecule has 2 aromatic rings. The number of amides is 2. The number of pyridine rings is 1. The third-order valence-electron chi connectivity index (χ3n) is 4.63. The molecule has 3 rings (SSSR count). The van der Waals surface area contributed by atoms with Gasteiger partial charge >= 0.3 is 6.36 Å². The number of halogens is 3. The van der Waals surface area contributed by atoms with E-state index in [1.807, 2.05) is 18.2 Å². The average molecular weight is 422 g/mol. The highest BCUT2D eigenvalue weighted by atomic mass is 19.4. The fourth-order valence-electron chi connectivity index (χ4n) is 3.12. The summed E-state index contributed by atoms with van der Waals surface area (Å²) in [7, 11) is 0. The third-order valence-corrected chi connectivity index (χ3v) is 4.63. The monoisotopic (exact) mass is 422 g/mol. The van der Waals surface area contributed by atoms with Crippen LogP contribution in [0.25, 0.3) is 0 Å². The van der Waals surface area contributed by atoms with Crippen molar-refractivity contribution in [2.75, 3.05) is 31.1 Å². The van der Waals surface area contributed by atoms with Crippen molar-refractivity contribution in [2.45, 2.75) is 19.3 Å². The first-order chi connectivity index (χ1) is 14.2. The van der Waals surface area contributed by atoms with Gasteiger partial charge in [0.25, 0.3) is 5.91 Å². The lowest BCUT2D eigenvalue weighted by Gasteiger charge is -2.36. The normalized spacial score (nSPS) is 15.5. The molecule has 0 bridgehead atoms. The molecule has 7 nitrogen and oxygen atoms in total. The van der Waals surface area contributed by atoms with E-state index >= 15 is 0 Å². The quantitative estimate of drug-likeness (QED) is 0.801. The fourth-order valence-corrected chi connectivity index (χ4v) is 3.12. The first-order valence-corrected chi connectivity index (χ1v) is 9.34. The van der Waals surface area contributed by atoms with Gasteiger partial charge in [-0.25, -0.2) is 4.98 Å². The van der Waals surface area contributed by atoms with Crippen LogP contribution in [0.15, 0.2) is 48.7 Å². The molecule has 0 saturated carbocycles. The summed E-state index contributed by atoms with van der Waals surface area (Å²) < 4.78 is 40.4. The summed E-state index contributed by atoms with van der Waals surface area (Å²) in [5.41, 5.74) is 0.129. The molecule has 1 atom stereocenters. The molecule has 0 radical (unpaired) electrons. The van der Waals surface area contributed by atoms with Crippen LogP contribution >= 0.6 is 0 Å². The molecular weight excluding hydrogens is 401 g/mol. The number of rotatable bonds is 5. The number of nitrogens with zero attached hydrogens (tertiary/aromatic N) is 3. The molecule has 10 heteroatoms.